The number of carbonyl (C=O) groups excluding carboxylic acids is 2. The number of likely N-dealkylation sites (N-methyl/N-ethyl adjacent to an activating group) is 1. The first-order chi connectivity index (χ1) is 23.0. The van der Waals surface area contributed by atoms with Crippen molar-refractivity contribution in [3.05, 3.63) is 24.3 Å². The fourth-order valence-electron chi connectivity index (χ4n) is 7.04. The highest BCUT2D eigenvalue weighted by Gasteiger charge is 2.51. The summed E-state index contributed by atoms with van der Waals surface area (Å²) in [6.07, 6.45) is -4.00. The minimum Gasteiger partial charge on any atom is -0.462 e. The normalized spacial score (nSPS) is 46.2. The van der Waals surface area contributed by atoms with Crippen molar-refractivity contribution in [2.24, 2.45) is 11.8 Å². The highest BCUT2D eigenvalue weighted by Crippen LogP contribution is 2.36. The van der Waals surface area contributed by atoms with Gasteiger partial charge in [0.05, 0.1) is 48.6 Å². The Labute approximate surface area is 289 Å². The first-order valence-electron chi connectivity index (χ1n) is 17.2. The van der Waals surface area contributed by atoms with E-state index in [1.165, 1.54) is 14.0 Å². The fraction of sp³-hybridized carbons (Fsp3) is 0.829. The van der Waals surface area contributed by atoms with Crippen LogP contribution in [-0.4, -0.2) is 149 Å². The number of rotatable bonds is 8. The number of hydrogen-bond acceptors (Lipinski definition) is 14. The Morgan fingerprint density at radius 3 is 2.31 bits per heavy atom. The molecule has 0 aliphatic carbocycles. The highest BCUT2D eigenvalue weighted by atomic mass is 16.7. The van der Waals surface area contributed by atoms with Crippen LogP contribution in [0.3, 0.4) is 0 Å². The molecule has 0 aromatic heterocycles. The van der Waals surface area contributed by atoms with Crippen molar-refractivity contribution >= 4 is 12.3 Å². The molecule has 0 aromatic carbocycles. The topological polar surface area (TPSA) is 194 Å². The molecule has 3 rings (SSSR count). The van der Waals surface area contributed by atoms with Crippen molar-refractivity contribution < 1.29 is 63.5 Å². The SMILES string of the molecule is CO[C@H]1[C@@H](O[C@@H]2O[C@H](C)[C@@H](O[C@H]3C[C@](C)(O)[C@H](O)[C@@H](C)O3)[C@H](N(C)C)[C@H]2O)[C@@H](CC=O)C[C@@H](C)[C@@H](O)/C=C/C=C\C[C@@H](C)OC(=O)C[C@H]1O. The Kier molecular flexibility index (Phi) is 15.8. The van der Waals surface area contributed by atoms with Gasteiger partial charge in [-0.05, 0) is 60.0 Å². The van der Waals surface area contributed by atoms with Gasteiger partial charge in [0, 0.05) is 26.4 Å². The van der Waals surface area contributed by atoms with Gasteiger partial charge in [-0.3, -0.25) is 4.79 Å². The summed E-state index contributed by atoms with van der Waals surface area (Å²) < 4.78 is 36.1. The molecule has 16 atom stereocenters. The van der Waals surface area contributed by atoms with Crippen LogP contribution in [0.5, 0.6) is 0 Å². The van der Waals surface area contributed by atoms with Crippen molar-refractivity contribution in [3.8, 4) is 0 Å². The maximum absolute atomic E-state index is 12.8. The first-order valence-corrected chi connectivity index (χ1v) is 17.2. The second-order valence-electron chi connectivity index (χ2n) is 14.3. The standard InChI is InChI=1S/C35H59NO13/c1-19-16-23(14-15-37)31(32(44-8)25(39)17-26(40)45-20(2)12-10-9-11-13-24(19)38)49-34-29(41)28(36(6)7)30(21(3)47-34)48-27-18-35(5,43)33(42)22(4)46-27/h9-11,13,15,19-25,27-34,38-39,41-43H,12,14,16-18H2,1-8H3/b10-9-,13-11+/t19-,20-,21-,22-,23+,24+,25-,27+,28-,29-,30-,31+,32-,33-,34+,35+/m1/s1. The third-order valence-electron chi connectivity index (χ3n) is 9.83. The van der Waals surface area contributed by atoms with E-state index in [-0.39, 0.29) is 25.2 Å². The van der Waals surface area contributed by atoms with E-state index in [4.69, 9.17) is 28.4 Å². The predicted molar refractivity (Wildman–Crippen MR) is 177 cm³/mol. The fourth-order valence-corrected chi connectivity index (χ4v) is 7.04. The van der Waals surface area contributed by atoms with Crippen LogP contribution >= 0.6 is 0 Å². The van der Waals surface area contributed by atoms with Crippen LogP contribution in [0.1, 0.15) is 66.7 Å². The van der Waals surface area contributed by atoms with E-state index < -0.39 is 104 Å². The molecule has 0 spiro atoms. The van der Waals surface area contributed by atoms with Gasteiger partial charge in [-0.25, -0.2) is 0 Å². The van der Waals surface area contributed by atoms with Gasteiger partial charge in [0.1, 0.15) is 36.8 Å². The van der Waals surface area contributed by atoms with Crippen molar-refractivity contribution in [1.82, 2.24) is 4.90 Å². The third-order valence-corrected chi connectivity index (χ3v) is 9.83. The van der Waals surface area contributed by atoms with Crippen LogP contribution in [0.15, 0.2) is 24.3 Å². The van der Waals surface area contributed by atoms with Crippen molar-refractivity contribution in [3.63, 3.8) is 0 Å². The largest absolute Gasteiger partial charge is 0.462 e. The van der Waals surface area contributed by atoms with Gasteiger partial charge in [-0.1, -0.05) is 31.2 Å². The summed E-state index contributed by atoms with van der Waals surface area (Å²) >= 11 is 0. The summed E-state index contributed by atoms with van der Waals surface area (Å²) in [4.78, 5) is 26.6. The molecular formula is C35H59NO13. The first kappa shape index (κ1) is 41.6. The molecule has 0 saturated carbocycles. The average Bonchev–Trinajstić information content (AvgIpc) is 3.00. The molecule has 3 heterocycles. The molecular weight excluding hydrogens is 642 g/mol. The number of carbonyl (C=O) groups is 2. The molecule has 5 N–H and O–H groups in total. The minimum atomic E-state index is -1.46. The summed E-state index contributed by atoms with van der Waals surface area (Å²) in [7, 11) is 4.86. The number of methoxy groups -OCH3 is 1. The molecule has 0 aromatic rings. The van der Waals surface area contributed by atoms with Crippen molar-refractivity contribution in [2.45, 2.75) is 152 Å². The number of nitrogens with zero attached hydrogens (tertiary/aromatic N) is 1. The molecule has 0 bridgehead atoms. The zero-order valence-electron chi connectivity index (χ0n) is 30.0. The molecule has 3 aliphatic heterocycles. The smallest absolute Gasteiger partial charge is 0.308 e. The molecule has 2 saturated heterocycles. The second kappa shape index (κ2) is 18.6. The molecule has 14 nitrogen and oxygen atoms in total. The summed E-state index contributed by atoms with van der Waals surface area (Å²) in [6, 6.07) is -0.721. The molecule has 49 heavy (non-hydrogen) atoms. The van der Waals surface area contributed by atoms with Crippen LogP contribution in [0.25, 0.3) is 0 Å². The zero-order chi connectivity index (χ0) is 36.6. The van der Waals surface area contributed by atoms with Gasteiger partial charge in [-0.15, -0.1) is 0 Å². The lowest BCUT2D eigenvalue weighted by Gasteiger charge is -2.50. The molecule has 0 amide bonds. The lowest BCUT2D eigenvalue weighted by molar-refractivity contribution is -0.344. The number of aliphatic hydroxyl groups is 5. The predicted octanol–water partition coefficient (Wildman–Crippen LogP) is 0.846. The Morgan fingerprint density at radius 2 is 1.69 bits per heavy atom. The van der Waals surface area contributed by atoms with E-state index in [0.717, 1.165) is 6.29 Å². The average molecular weight is 702 g/mol. The lowest BCUT2D eigenvalue weighted by atomic mass is 9.82. The molecule has 3 aliphatic rings. The molecule has 0 unspecified atom stereocenters. The van der Waals surface area contributed by atoms with Crippen molar-refractivity contribution in [1.29, 1.82) is 0 Å². The van der Waals surface area contributed by atoms with Gasteiger partial charge >= 0.3 is 5.97 Å². The Bertz CT molecular complexity index is 1100. The number of ether oxygens (including phenoxy) is 6. The van der Waals surface area contributed by atoms with Crippen LogP contribution in [0, 0.1) is 11.8 Å². The van der Waals surface area contributed by atoms with Gasteiger partial charge in [-0.2, -0.15) is 0 Å². The number of aliphatic hydroxyl groups excluding tert-OH is 4. The molecule has 0 radical (unpaired) electrons. The molecule has 2 fully saturated rings. The quantitative estimate of drug-likeness (QED) is 0.177. The number of allylic oxidation sites excluding steroid dienone is 2. The number of esters is 1. The summed E-state index contributed by atoms with van der Waals surface area (Å²) in [6.45, 7) is 8.44. The number of aldehydes is 1. The summed E-state index contributed by atoms with van der Waals surface area (Å²) in [5, 5.41) is 55.2. The molecule has 282 valence electrons. The zero-order valence-corrected chi connectivity index (χ0v) is 30.0. The minimum absolute atomic E-state index is 0.0164. The summed E-state index contributed by atoms with van der Waals surface area (Å²) in [5.41, 5.74) is -1.46. The van der Waals surface area contributed by atoms with E-state index in [9.17, 15) is 35.1 Å². The van der Waals surface area contributed by atoms with Gasteiger partial charge < -0.3 is 63.6 Å². The third kappa shape index (κ3) is 11.1. The van der Waals surface area contributed by atoms with E-state index >= 15 is 0 Å². The van der Waals surface area contributed by atoms with Crippen molar-refractivity contribution in [2.75, 3.05) is 21.2 Å². The number of hydrogen-bond donors (Lipinski definition) is 5. The maximum Gasteiger partial charge on any atom is 0.308 e. The van der Waals surface area contributed by atoms with Gasteiger partial charge in [0.15, 0.2) is 12.6 Å². The van der Waals surface area contributed by atoms with Crippen LogP contribution in [-0.2, 0) is 38.0 Å². The lowest BCUT2D eigenvalue weighted by Crippen LogP contribution is -2.65. The van der Waals surface area contributed by atoms with Gasteiger partial charge in [0.2, 0.25) is 0 Å². The van der Waals surface area contributed by atoms with Crippen LogP contribution in [0.4, 0.5) is 0 Å². The van der Waals surface area contributed by atoms with E-state index in [1.54, 1.807) is 58.0 Å². The maximum atomic E-state index is 12.8. The summed E-state index contributed by atoms with van der Waals surface area (Å²) in [5.74, 6) is -1.64. The van der Waals surface area contributed by atoms with Crippen LogP contribution in [0.2, 0.25) is 0 Å². The van der Waals surface area contributed by atoms with E-state index in [1.807, 2.05) is 13.0 Å². The van der Waals surface area contributed by atoms with Gasteiger partial charge in [0.25, 0.3) is 0 Å². The Balaban J connectivity index is 1.94. The Morgan fingerprint density at radius 1 is 1.00 bits per heavy atom. The Hall–Kier alpha value is -1.82. The van der Waals surface area contributed by atoms with E-state index in [0.29, 0.717) is 6.42 Å². The second-order valence-corrected chi connectivity index (χ2v) is 14.3. The molecule has 14 heteroatoms. The monoisotopic (exact) mass is 701 g/mol. The van der Waals surface area contributed by atoms with Crippen LogP contribution < -0.4 is 0 Å². The number of cyclic esters (lactones) is 1. The van der Waals surface area contributed by atoms with E-state index in [2.05, 4.69) is 0 Å². The highest BCUT2D eigenvalue weighted by molar-refractivity contribution is 5.70.